The minimum Gasteiger partial charge on any atom is -0.480 e. The van der Waals surface area contributed by atoms with Crippen LogP contribution in [0.5, 0.6) is 0 Å². The van der Waals surface area contributed by atoms with Gasteiger partial charge in [0, 0.05) is 26.2 Å². The Labute approximate surface area is 97.3 Å². The summed E-state index contributed by atoms with van der Waals surface area (Å²) in [5, 5.41) is 18.4. The van der Waals surface area contributed by atoms with Crippen molar-refractivity contribution < 1.29 is 19.8 Å². The molecule has 1 fully saturated rings. The number of hydrogen-bond donors (Lipinski definition) is 2. The van der Waals surface area contributed by atoms with Crippen molar-refractivity contribution >= 4 is 11.9 Å². The van der Waals surface area contributed by atoms with Crippen molar-refractivity contribution in [3.63, 3.8) is 0 Å². The van der Waals surface area contributed by atoms with Gasteiger partial charge in [0.1, 0.15) is 11.7 Å². The zero-order valence-corrected chi connectivity index (χ0v) is 9.28. The Morgan fingerprint density at radius 3 is 2.76 bits per heavy atom. The Morgan fingerprint density at radius 1 is 1.53 bits per heavy atom. The fraction of sp³-hybridized carbons (Fsp3) is 0.500. The van der Waals surface area contributed by atoms with E-state index in [2.05, 4.69) is 4.98 Å². The predicted octanol–water partition coefficient (Wildman–Crippen LogP) is -0.920. The highest BCUT2D eigenvalue weighted by Gasteiger charge is 2.39. The second kappa shape index (κ2) is 4.17. The molecule has 1 aromatic heterocycles. The third kappa shape index (κ3) is 2.14. The first-order valence-electron chi connectivity index (χ1n) is 5.19. The van der Waals surface area contributed by atoms with Gasteiger partial charge in [-0.25, -0.2) is 9.78 Å². The maximum Gasteiger partial charge on any atom is 0.326 e. The number of aromatic nitrogens is 2. The van der Waals surface area contributed by atoms with Gasteiger partial charge in [-0.05, 0) is 0 Å². The highest BCUT2D eigenvalue weighted by Crippen LogP contribution is 2.20. The molecule has 92 valence electrons. The van der Waals surface area contributed by atoms with Crippen molar-refractivity contribution in [2.75, 3.05) is 6.54 Å². The lowest BCUT2D eigenvalue weighted by Gasteiger charge is -2.19. The predicted molar refractivity (Wildman–Crippen MR) is 56.3 cm³/mol. The molecule has 2 N–H and O–H groups in total. The van der Waals surface area contributed by atoms with Crippen molar-refractivity contribution in [3.8, 4) is 0 Å². The summed E-state index contributed by atoms with van der Waals surface area (Å²) in [4.78, 5) is 28.0. The molecule has 0 spiro atoms. The van der Waals surface area contributed by atoms with Crippen LogP contribution in [-0.4, -0.2) is 55.2 Å². The van der Waals surface area contributed by atoms with Gasteiger partial charge in [-0.2, -0.15) is 0 Å². The van der Waals surface area contributed by atoms with Gasteiger partial charge >= 0.3 is 5.97 Å². The number of aliphatic hydroxyl groups excluding tert-OH is 1. The Bertz CT molecular complexity index is 456. The SMILES string of the molecule is Cn1cnc(C(=O)N2CC(O)C[C@H]2C(=O)O)c1. The van der Waals surface area contributed by atoms with E-state index in [4.69, 9.17) is 5.11 Å². The molecule has 1 aliphatic rings. The molecule has 1 amide bonds. The Balaban J connectivity index is 2.21. The molecule has 0 saturated carbocycles. The number of carboxylic acid groups (broad SMARTS) is 1. The number of carbonyl (C=O) groups is 2. The van der Waals surface area contributed by atoms with E-state index in [0.717, 1.165) is 4.90 Å². The summed E-state index contributed by atoms with van der Waals surface area (Å²) in [6.45, 7) is 0.0341. The van der Waals surface area contributed by atoms with Gasteiger partial charge in [0.2, 0.25) is 0 Å². The summed E-state index contributed by atoms with van der Waals surface area (Å²) >= 11 is 0. The van der Waals surface area contributed by atoms with Gasteiger partial charge in [-0.1, -0.05) is 0 Å². The van der Waals surface area contributed by atoms with Crippen LogP contribution in [0.1, 0.15) is 16.9 Å². The number of aliphatic hydroxyl groups is 1. The van der Waals surface area contributed by atoms with E-state index >= 15 is 0 Å². The van der Waals surface area contributed by atoms with E-state index in [1.54, 1.807) is 11.6 Å². The molecule has 1 aromatic rings. The largest absolute Gasteiger partial charge is 0.480 e. The van der Waals surface area contributed by atoms with E-state index in [0.29, 0.717) is 0 Å². The minimum atomic E-state index is -1.11. The average Bonchev–Trinajstić information content (AvgIpc) is 2.83. The second-order valence-corrected chi connectivity index (χ2v) is 4.13. The Morgan fingerprint density at radius 2 is 2.24 bits per heavy atom. The van der Waals surface area contributed by atoms with Crippen LogP contribution < -0.4 is 0 Å². The van der Waals surface area contributed by atoms with Crippen LogP contribution in [0, 0.1) is 0 Å². The number of carbonyl (C=O) groups excluding carboxylic acids is 1. The van der Waals surface area contributed by atoms with E-state index in [9.17, 15) is 14.7 Å². The molecular formula is C10H13N3O4. The molecule has 0 aromatic carbocycles. The fourth-order valence-electron chi connectivity index (χ4n) is 1.94. The number of nitrogens with zero attached hydrogens (tertiary/aromatic N) is 3. The van der Waals surface area contributed by atoms with Gasteiger partial charge in [0.15, 0.2) is 0 Å². The van der Waals surface area contributed by atoms with Gasteiger partial charge in [0.25, 0.3) is 5.91 Å². The number of likely N-dealkylation sites (tertiary alicyclic amines) is 1. The summed E-state index contributed by atoms with van der Waals surface area (Å²) in [6, 6.07) is -0.973. The van der Waals surface area contributed by atoms with Crippen LogP contribution in [0.2, 0.25) is 0 Å². The van der Waals surface area contributed by atoms with Gasteiger partial charge in [-0.3, -0.25) is 4.79 Å². The maximum atomic E-state index is 12.0. The Kier molecular flexibility index (Phi) is 2.84. The number of hydrogen-bond acceptors (Lipinski definition) is 4. The van der Waals surface area contributed by atoms with Crippen LogP contribution in [0.4, 0.5) is 0 Å². The maximum absolute atomic E-state index is 12.0. The smallest absolute Gasteiger partial charge is 0.326 e. The molecule has 0 bridgehead atoms. The summed E-state index contributed by atoms with van der Waals surface area (Å²) in [5.74, 6) is -1.57. The molecule has 2 atom stereocenters. The van der Waals surface area contributed by atoms with Crippen molar-refractivity contribution in [1.29, 1.82) is 0 Å². The van der Waals surface area contributed by atoms with E-state index in [1.807, 2.05) is 0 Å². The number of amides is 1. The number of carboxylic acids is 1. The van der Waals surface area contributed by atoms with Crippen molar-refractivity contribution in [2.45, 2.75) is 18.6 Å². The minimum absolute atomic E-state index is 0.0341. The molecule has 7 heteroatoms. The van der Waals surface area contributed by atoms with Crippen LogP contribution in [0.3, 0.4) is 0 Å². The number of aliphatic carboxylic acids is 1. The quantitative estimate of drug-likeness (QED) is 0.696. The second-order valence-electron chi connectivity index (χ2n) is 4.13. The molecular weight excluding hydrogens is 226 g/mol. The fourth-order valence-corrected chi connectivity index (χ4v) is 1.94. The molecule has 2 rings (SSSR count). The highest BCUT2D eigenvalue weighted by atomic mass is 16.4. The first-order valence-corrected chi connectivity index (χ1v) is 5.19. The Hall–Kier alpha value is -1.89. The third-order valence-electron chi connectivity index (χ3n) is 2.75. The van der Waals surface area contributed by atoms with Gasteiger partial charge in [0.05, 0.1) is 12.4 Å². The molecule has 17 heavy (non-hydrogen) atoms. The lowest BCUT2D eigenvalue weighted by atomic mass is 10.2. The molecule has 0 radical (unpaired) electrons. The summed E-state index contributed by atoms with van der Waals surface area (Å²) < 4.78 is 1.61. The van der Waals surface area contributed by atoms with E-state index in [1.165, 1.54) is 12.5 Å². The standard InChI is InChI=1S/C10H13N3O4/c1-12-4-7(11-5-12)9(15)13-3-6(14)2-8(13)10(16)17/h4-6,8,14H,2-3H2,1H3,(H,16,17)/t6?,8-/m0/s1. The third-order valence-corrected chi connectivity index (χ3v) is 2.75. The molecule has 1 unspecified atom stereocenters. The van der Waals surface area contributed by atoms with Crippen molar-refractivity contribution in [3.05, 3.63) is 18.2 Å². The topological polar surface area (TPSA) is 95.7 Å². The number of aryl methyl sites for hydroxylation is 1. The van der Waals surface area contributed by atoms with E-state index in [-0.39, 0.29) is 18.7 Å². The zero-order chi connectivity index (χ0) is 12.6. The summed E-state index contributed by atoms with van der Waals surface area (Å²) in [7, 11) is 1.72. The molecule has 0 aliphatic carbocycles. The molecule has 2 heterocycles. The monoisotopic (exact) mass is 239 g/mol. The number of rotatable bonds is 2. The average molecular weight is 239 g/mol. The lowest BCUT2D eigenvalue weighted by molar-refractivity contribution is -0.141. The van der Waals surface area contributed by atoms with Crippen molar-refractivity contribution in [1.82, 2.24) is 14.5 Å². The molecule has 1 aliphatic heterocycles. The van der Waals surface area contributed by atoms with E-state index < -0.39 is 24.0 Å². The normalized spacial score (nSPS) is 24.0. The first kappa shape index (κ1) is 11.6. The van der Waals surface area contributed by atoms with Crippen LogP contribution in [0.25, 0.3) is 0 Å². The van der Waals surface area contributed by atoms with Gasteiger partial charge < -0.3 is 19.7 Å². The lowest BCUT2D eigenvalue weighted by Crippen LogP contribution is -2.40. The summed E-state index contributed by atoms with van der Waals surface area (Å²) in [6.07, 6.45) is 2.26. The highest BCUT2D eigenvalue weighted by molar-refractivity contribution is 5.95. The van der Waals surface area contributed by atoms with Crippen LogP contribution >= 0.6 is 0 Å². The molecule has 7 nitrogen and oxygen atoms in total. The van der Waals surface area contributed by atoms with Crippen molar-refractivity contribution in [2.24, 2.45) is 7.05 Å². The van der Waals surface area contributed by atoms with Gasteiger partial charge in [-0.15, -0.1) is 0 Å². The summed E-state index contributed by atoms with van der Waals surface area (Å²) in [5.41, 5.74) is 0.188. The number of imidazole rings is 1. The first-order chi connectivity index (χ1) is 7.99. The van der Waals surface area contributed by atoms with Crippen LogP contribution in [0.15, 0.2) is 12.5 Å². The zero-order valence-electron chi connectivity index (χ0n) is 9.28. The number of β-amino-alcohol motifs (C(OH)–C–C–N with tert-alkyl or cyclic N) is 1. The molecule has 1 saturated heterocycles. The van der Waals surface area contributed by atoms with Crippen LogP contribution in [-0.2, 0) is 11.8 Å².